The molecule has 0 aliphatic carbocycles. The van der Waals surface area contributed by atoms with Gasteiger partial charge >= 0.3 is 0 Å². The summed E-state index contributed by atoms with van der Waals surface area (Å²) in [4.78, 5) is 18.9. The molecule has 1 aromatic heterocycles. The third kappa shape index (κ3) is 3.50. The topological polar surface area (TPSA) is 68.5 Å². The largest absolute Gasteiger partial charge is 0.494 e. The highest BCUT2D eigenvalue weighted by atomic mass is 16.5. The number of nitrogens with zero attached hydrogens (tertiary/aromatic N) is 3. The first-order valence-corrected chi connectivity index (χ1v) is 9.49. The lowest BCUT2D eigenvalue weighted by Gasteiger charge is -2.16. The SMILES string of the molecule is CCOc1ccc(N2CC(c3nc(-c4cc(C)ccc4C)no3)CC2=O)cc1. The Morgan fingerprint density at radius 2 is 1.96 bits per heavy atom. The second-order valence-corrected chi connectivity index (χ2v) is 7.11. The van der Waals surface area contributed by atoms with Gasteiger partial charge in [0.1, 0.15) is 5.75 Å². The first-order chi connectivity index (χ1) is 13.5. The average molecular weight is 377 g/mol. The summed E-state index contributed by atoms with van der Waals surface area (Å²) in [6.07, 6.45) is 0.363. The molecule has 1 aliphatic rings. The van der Waals surface area contributed by atoms with Gasteiger partial charge in [0.15, 0.2) is 0 Å². The Morgan fingerprint density at radius 1 is 1.18 bits per heavy atom. The zero-order valence-electron chi connectivity index (χ0n) is 16.3. The Balaban J connectivity index is 1.53. The van der Waals surface area contributed by atoms with E-state index in [1.165, 1.54) is 0 Å². The fraction of sp³-hybridized carbons (Fsp3) is 0.318. The van der Waals surface area contributed by atoms with Gasteiger partial charge in [0, 0.05) is 24.2 Å². The van der Waals surface area contributed by atoms with Crippen molar-refractivity contribution in [2.24, 2.45) is 0 Å². The molecule has 2 aromatic carbocycles. The van der Waals surface area contributed by atoms with Crippen molar-refractivity contribution in [3.63, 3.8) is 0 Å². The lowest BCUT2D eigenvalue weighted by Crippen LogP contribution is -2.24. The predicted octanol–water partition coefficient (Wildman–Crippen LogP) is 4.27. The lowest BCUT2D eigenvalue weighted by molar-refractivity contribution is -0.117. The molecule has 1 atom stereocenters. The van der Waals surface area contributed by atoms with Crippen LogP contribution >= 0.6 is 0 Å². The van der Waals surface area contributed by atoms with Crippen molar-refractivity contribution in [1.82, 2.24) is 10.1 Å². The monoisotopic (exact) mass is 377 g/mol. The molecule has 1 saturated heterocycles. The van der Waals surface area contributed by atoms with E-state index in [9.17, 15) is 4.79 Å². The standard InChI is InChI=1S/C22H23N3O3/c1-4-27-18-9-7-17(8-10-18)25-13-16(12-20(25)26)22-23-21(24-28-22)19-11-14(2)5-6-15(19)3/h5-11,16H,4,12-13H2,1-3H3. The number of amides is 1. The number of benzene rings is 2. The van der Waals surface area contributed by atoms with Gasteiger partial charge in [0.05, 0.1) is 12.5 Å². The molecule has 0 radical (unpaired) electrons. The van der Waals surface area contributed by atoms with E-state index in [4.69, 9.17) is 9.26 Å². The first kappa shape index (κ1) is 18.2. The highest BCUT2D eigenvalue weighted by Crippen LogP contribution is 2.33. The number of aryl methyl sites for hydroxylation is 2. The van der Waals surface area contributed by atoms with E-state index in [0.29, 0.717) is 31.3 Å². The number of hydrogen-bond donors (Lipinski definition) is 0. The zero-order valence-corrected chi connectivity index (χ0v) is 16.3. The molecule has 6 heteroatoms. The number of carbonyl (C=O) groups excluding carboxylic acids is 1. The fourth-order valence-electron chi connectivity index (χ4n) is 3.50. The summed E-state index contributed by atoms with van der Waals surface area (Å²) in [5.74, 6) is 1.83. The molecule has 3 aromatic rings. The minimum absolute atomic E-state index is 0.0562. The quantitative estimate of drug-likeness (QED) is 0.664. The minimum atomic E-state index is -0.106. The van der Waals surface area contributed by atoms with Gasteiger partial charge in [-0.3, -0.25) is 4.79 Å². The van der Waals surface area contributed by atoms with Gasteiger partial charge < -0.3 is 14.2 Å². The number of aromatic nitrogens is 2. The Hall–Kier alpha value is -3.15. The van der Waals surface area contributed by atoms with Crippen LogP contribution in [-0.4, -0.2) is 29.2 Å². The molecule has 28 heavy (non-hydrogen) atoms. The third-order valence-electron chi connectivity index (χ3n) is 5.01. The van der Waals surface area contributed by atoms with E-state index in [1.54, 1.807) is 4.90 Å². The van der Waals surface area contributed by atoms with Crippen molar-refractivity contribution >= 4 is 11.6 Å². The summed E-state index contributed by atoms with van der Waals surface area (Å²) in [5.41, 5.74) is 4.05. The molecular weight excluding hydrogens is 354 g/mol. The Kier molecular flexibility index (Phi) is 4.86. The van der Waals surface area contributed by atoms with E-state index in [0.717, 1.165) is 28.1 Å². The Bertz CT molecular complexity index is 995. The maximum absolute atomic E-state index is 12.5. The molecular formula is C22H23N3O3. The van der Waals surface area contributed by atoms with E-state index in [1.807, 2.05) is 51.1 Å². The summed E-state index contributed by atoms with van der Waals surface area (Å²) in [6, 6.07) is 13.7. The highest BCUT2D eigenvalue weighted by Gasteiger charge is 2.35. The molecule has 1 aliphatic heterocycles. The Labute approximate surface area is 164 Å². The smallest absolute Gasteiger partial charge is 0.232 e. The first-order valence-electron chi connectivity index (χ1n) is 9.49. The van der Waals surface area contributed by atoms with Gasteiger partial charge in [-0.15, -0.1) is 0 Å². The molecule has 4 rings (SSSR count). The summed E-state index contributed by atoms with van der Waals surface area (Å²) in [5, 5.41) is 4.16. The molecule has 6 nitrogen and oxygen atoms in total. The van der Waals surface area contributed by atoms with Crippen LogP contribution in [0.25, 0.3) is 11.4 Å². The maximum atomic E-state index is 12.5. The maximum Gasteiger partial charge on any atom is 0.232 e. The number of anilines is 1. The molecule has 0 spiro atoms. The molecule has 2 heterocycles. The van der Waals surface area contributed by atoms with Gasteiger partial charge in [0.25, 0.3) is 0 Å². The molecule has 0 N–H and O–H groups in total. The van der Waals surface area contributed by atoms with Gasteiger partial charge in [-0.1, -0.05) is 22.9 Å². The van der Waals surface area contributed by atoms with Gasteiger partial charge in [-0.25, -0.2) is 0 Å². The summed E-state index contributed by atoms with van der Waals surface area (Å²) in [7, 11) is 0. The molecule has 144 valence electrons. The zero-order chi connectivity index (χ0) is 19.7. The van der Waals surface area contributed by atoms with Crippen molar-refractivity contribution in [1.29, 1.82) is 0 Å². The van der Waals surface area contributed by atoms with E-state index < -0.39 is 0 Å². The van der Waals surface area contributed by atoms with E-state index in [2.05, 4.69) is 22.3 Å². The van der Waals surface area contributed by atoms with Crippen molar-refractivity contribution < 1.29 is 14.1 Å². The predicted molar refractivity (Wildman–Crippen MR) is 107 cm³/mol. The van der Waals surface area contributed by atoms with Crippen LogP contribution in [0.15, 0.2) is 47.0 Å². The van der Waals surface area contributed by atoms with E-state index in [-0.39, 0.29) is 11.8 Å². The van der Waals surface area contributed by atoms with Gasteiger partial charge in [0.2, 0.25) is 17.6 Å². The molecule has 0 saturated carbocycles. The molecule has 1 unspecified atom stereocenters. The van der Waals surface area contributed by atoms with Gasteiger partial charge in [-0.2, -0.15) is 4.98 Å². The molecule has 0 bridgehead atoms. The molecule has 1 fully saturated rings. The Morgan fingerprint density at radius 3 is 2.71 bits per heavy atom. The summed E-state index contributed by atoms with van der Waals surface area (Å²) < 4.78 is 11.0. The fourth-order valence-corrected chi connectivity index (χ4v) is 3.50. The van der Waals surface area contributed by atoms with Crippen LogP contribution in [-0.2, 0) is 4.79 Å². The average Bonchev–Trinajstić information content (AvgIpc) is 3.32. The van der Waals surface area contributed by atoms with Crippen LogP contribution in [0.2, 0.25) is 0 Å². The van der Waals surface area contributed by atoms with Crippen molar-refractivity contribution in [2.45, 2.75) is 33.1 Å². The molecule has 1 amide bonds. The summed E-state index contributed by atoms with van der Waals surface area (Å²) >= 11 is 0. The van der Waals surface area contributed by atoms with Crippen molar-refractivity contribution in [3.05, 3.63) is 59.5 Å². The number of carbonyl (C=O) groups is 1. The van der Waals surface area contributed by atoms with Crippen LogP contribution < -0.4 is 9.64 Å². The third-order valence-corrected chi connectivity index (χ3v) is 5.01. The van der Waals surface area contributed by atoms with Crippen LogP contribution in [0.1, 0.15) is 36.3 Å². The second kappa shape index (κ2) is 7.46. The van der Waals surface area contributed by atoms with Gasteiger partial charge in [-0.05, 0) is 56.7 Å². The van der Waals surface area contributed by atoms with Crippen molar-refractivity contribution in [3.8, 4) is 17.1 Å². The minimum Gasteiger partial charge on any atom is -0.494 e. The van der Waals surface area contributed by atoms with Crippen LogP contribution in [0.3, 0.4) is 0 Å². The normalized spacial score (nSPS) is 16.6. The number of rotatable bonds is 5. The number of hydrogen-bond acceptors (Lipinski definition) is 5. The van der Waals surface area contributed by atoms with Crippen LogP contribution in [0, 0.1) is 13.8 Å². The lowest BCUT2D eigenvalue weighted by atomic mass is 10.1. The highest BCUT2D eigenvalue weighted by molar-refractivity contribution is 5.96. The van der Waals surface area contributed by atoms with Crippen LogP contribution in [0.5, 0.6) is 5.75 Å². The van der Waals surface area contributed by atoms with Crippen molar-refractivity contribution in [2.75, 3.05) is 18.1 Å². The second-order valence-electron chi connectivity index (χ2n) is 7.11. The van der Waals surface area contributed by atoms with E-state index >= 15 is 0 Å². The van der Waals surface area contributed by atoms with Crippen LogP contribution in [0.4, 0.5) is 5.69 Å². The number of ether oxygens (including phenoxy) is 1. The summed E-state index contributed by atoms with van der Waals surface area (Å²) in [6.45, 7) is 7.15.